The Morgan fingerprint density at radius 2 is 2.06 bits per heavy atom. The lowest BCUT2D eigenvalue weighted by Gasteiger charge is -2.35. The molecule has 2 fully saturated rings. The monoisotopic (exact) mass is 468 g/mol. The number of aromatic nitrogens is 3. The first kappa shape index (κ1) is 22.0. The van der Waals surface area contributed by atoms with Crippen molar-refractivity contribution in [2.75, 3.05) is 31.6 Å². The molecule has 0 spiro atoms. The summed E-state index contributed by atoms with van der Waals surface area (Å²) in [6, 6.07) is 7.21. The van der Waals surface area contributed by atoms with Gasteiger partial charge in [-0.15, -0.1) is 0 Å². The zero-order valence-corrected chi connectivity index (χ0v) is 19.8. The molecule has 0 bridgehead atoms. The summed E-state index contributed by atoms with van der Waals surface area (Å²) in [5, 5.41) is 5.33. The van der Waals surface area contributed by atoms with Crippen LogP contribution < -0.4 is 15.4 Å². The predicted molar refractivity (Wildman–Crippen MR) is 128 cm³/mol. The lowest BCUT2D eigenvalue weighted by atomic mass is 9.98. The van der Waals surface area contributed by atoms with Gasteiger partial charge in [0.2, 0.25) is 0 Å². The van der Waals surface area contributed by atoms with Crippen molar-refractivity contribution in [2.45, 2.75) is 44.7 Å². The van der Waals surface area contributed by atoms with E-state index in [-0.39, 0.29) is 18.0 Å². The standard InChI is InChI=1S/C24H29ClN6O2/c1-15-13-31-22(27-23(15)29-10-8-17(26)14-29)12-19(28-31)20-5-3-4-9-30(20)24(32)18-11-16(25)6-7-21(18)33-2/h6-7,11-13,17,20H,3-5,8-10,14,26H2,1-2H3/t17-,20-/m0/s1. The van der Waals surface area contributed by atoms with Gasteiger partial charge in [-0.05, 0) is 50.8 Å². The Morgan fingerprint density at radius 1 is 1.21 bits per heavy atom. The number of carbonyl (C=O) groups excluding carboxylic acids is 1. The van der Waals surface area contributed by atoms with Gasteiger partial charge in [0, 0.05) is 48.5 Å². The van der Waals surface area contributed by atoms with Crippen LogP contribution in [0.3, 0.4) is 0 Å². The van der Waals surface area contributed by atoms with E-state index in [9.17, 15) is 4.79 Å². The maximum absolute atomic E-state index is 13.6. The van der Waals surface area contributed by atoms with Crippen molar-refractivity contribution >= 4 is 29.0 Å². The maximum atomic E-state index is 13.6. The molecule has 5 rings (SSSR count). The van der Waals surface area contributed by atoms with Gasteiger partial charge < -0.3 is 20.3 Å². The quantitative estimate of drug-likeness (QED) is 0.629. The summed E-state index contributed by atoms with van der Waals surface area (Å²) in [5.41, 5.74) is 9.28. The van der Waals surface area contributed by atoms with Crippen molar-refractivity contribution in [3.05, 3.63) is 52.3 Å². The van der Waals surface area contributed by atoms with Crippen molar-refractivity contribution in [3.63, 3.8) is 0 Å². The molecule has 174 valence electrons. The Kier molecular flexibility index (Phi) is 5.88. The van der Waals surface area contributed by atoms with Gasteiger partial charge in [0.25, 0.3) is 5.91 Å². The first-order valence-electron chi connectivity index (χ1n) is 11.5. The number of anilines is 1. The molecule has 1 aromatic carbocycles. The van der Waals surface area contributed by atoms with E-state index in [1.54, 1.807) is 25.3 Å². The van der Waals surface area contributed by atoms with E-state index in [0.29, 0.717) is 22.9 Å². The van der Waals surface area contributed by atoms with Gasteiger partial charge in [-0.3, -0.25) is 4.79 Å². The second-order valence-electron chi connectivity index (χ2n) is 8.97. The Morgan fingerprint density at radius 3 is 2.82 bits per heavy atom. The third-order valence-corrected chi connectivity index (χ3v) is 6.88. The van der Waals surface area contributed by atoms with Crippen molar-refractivity contribution in [2.24, 2.45) is 5.73 Å². The third kappa shape index (κ3) is 4.13. The summed E-state index contributed by atoms with van der Waals surface area (Å²) in [6.07, 6.45) is 5.84. The summed E-state index contributed by atoms with van der Waals surface area (Å²) < 4.78 is 7.26. The average Bonchev–Trinajstić information content (AvgIpc) is 3.43. The minimum absolute atomic E-state index is 0.0908. The molecule has 2 atom stereocenters. The van der Waals surface area contributed by atoms with Crippen LogP contribution in [-0.4, -0.2) is 58.2 Å². The second-order valence-corrected chi connectivity index (χ2v) is 9.41. The Hall–Kier alpha value is -2.84. The van der Waals surface area contributed by atoms with Crippen LogP contribution in [0.4, 0.5) is 5.82 Å². The summed E-state index contributed by atoms with van der Waals surface area (Å²) in [4.78, 5) is 22.6. The van der Waals surface area contributed by atoms with Gasteiger partial charge in [0.05, 0.1) is 24.4 Å². The molecule has 2 saturated heterocycles. The zero-order valence-electron chi connectivity index (χ0n) is 19.0. The molecule has 0 radical (unpaired) electrons. The van der Waals surface area contributed by atoms with Crippen molar-refractivity contribution in [3.8, 4) is 5.75 Å². The Balaban J connectivity index is 1.48. The number of hydrogen-bond acceptors (Lipinski definition) is 6. The number of piperidine rings is 1. The largest absolute Gasteiger partial charge is 0.496 e. The molecule has 9 heteroatoms. The average molecular weight is 469 g/mol. The van der Waals surface area contributed by atoms with Gasteiger partial charge in [-0.2, -0.15) is 5.10 Å². The number of likely N-dealkylation sites (tertiary alicyclic amines) is 1. The molecular formula is C24H29ClN6O2. The van der Waals surface area contributed by atoms with E-state index in [1.807, 2.05) is 21.7 Å². The highest BCUT2D eigenvalue weighted by Gasteiger charge is 2.32. The smallest absolute Gasteiger partial charge is 0.258 e. The first-order chi connectivity index (χ1) is 15.9. The van der Waals surface area contributed by atoms with E-state index >= 15 is 0 Å². The Bertz CT molecular complexity index is 1200. The minimum Gasteiger partial charge on any atom is -0.496 e. The van der Waals surface area contributed by atoms with Crippen LogP contribution >= 0.6 is 11.6 Å². The molecule has 33 heavy (non-hydrogen) atoms. The van der Waals surface area contributed by atoms with Crippen LogP contribution in [0.5, 0.6) is 5.75 Å². The number of methoxy groups -OCH3 is 1. The third-order valence-electron chi connectivity index (χ3n) is 6.65. The van der Waals surface area contributed by atoms with E-state index in [4.69, 9.17) is 32.2 Å². The number of rotatable bonds is 4. The Labute approximate surface area is 198 Å². The van der Waals surface area contributed by atoms with Gasteiger partial charge >= 0.3 is 0 Å². The molecule has 0 saturated carbocycles. The van der Waals surface area contributed by atoms with Crippen molar-refractivity contribution < 1.29 is 9.53 Å². The van der Waals surface area contributed by atoms with Gasteiger partial charge in [-0.25, -0.2) is 9.50 Å². The molecule has 2 N–H and O–H groups in total. The fraction of sp³-hybridized carbons (Fsp3) is 0.458. The second kappa shape index (κ2) is 8.83. The highest BCUT2D eigenvalue weighted by atomic mass is 35.5. The highest BCUT2D eigenvalue weighted by Crippen LogP contribution is 2.34. The van der Waals surface area contributed by atoms with Gasteiger partial charge in [-0.1, -0.05) is 11.6 Å². The number of amides is 1. The normalized spacial score (nSPS) is 21.1. The van der Waals surface area contributed by atoms with Crippen molar-refractivity contribution in [1.82, 2.24) is 19.5 Å². The summed E-state index contributed by atoms with van der Waals surface area (Å²) >= 11 is 6.19. The molecule has 2 aromatic heterocycles. The van der Waals surface area contributed by atoms with Crippen LogP contribution in [0.2, 0.25) is 5.02 Å². The molecule has 4 heterocycles. The predicted octanol–water partition coefficient (Wildman–Crippen LogP) is 3.60. The topological polar surface area (TPSA) is 89.0 Å². The SMILES string of the molecule is COc1ccc(Cl)cc1C(=O)N1CCCC[C@H]1c1cc2nc(N3CC[C@H](N)C3)c(C)cn2n1. The lowest BCUT2D eigenvalue weighted by Crippen LogP contribution is -2.38. The summed E-state index contributed by atoms with van der Waals surface area (Å²) in [6.45, 7) is 4.45. The first-order valence-corrected chi connectivity index (χ1v) is 11.8. The number of nitrogens with two attached hydrogens (primary N) is 1. The molecule has 1 amide bonds. The molecule has 8 nitrogen and oxygen atoms in total. The number of aryl methyl sites for hydroxylation is 1. The number of ether oxygens (including phenoxy) is 1. The number of nitrogens with zero attached hydrogens (tertiary/aromatic N) is 5. The van der Waals surface area contributed by atoms with Crippen LogP contribution in [0.25, 0.3) is 5.65 Å². The van der Waals surface area contributed by atoms with Crippen molar-refractivity contribution in [1.29, 1.82) is 0 Å². The molecule has 2 aliphatic rings. The lowest BCUT2D eigenvalue weighted by molar-refractivity contribution is 0.0602. The maximum Gasteiger partial charge on any atom is 0.258 e. The zero-order chi connectivity index (χ0) is 23.1. The molecule has 3 aromatic rings. The minimum atomic E-state index is -0.124. The van der Waals surface area contributed by atoms with Crippen LogP contribution in [0.1, 0.15) is 53.3 Å². The van der Waals surface area contributed by atoms with E-state index < -0.39 is 0 Å². The van der Waals surface area contributed by atoms with Crippen LogP contribution in [0.15, 0.2) is 30.5 Å². The number of halogens is 1. The van der Waals surface area contributed by atoms with E-state index in [2.05, 4.69) is 11.8 Å². The van der Waals surface area contributed by atoms with Gasteiger partial charge in [0.1, 0.15) is 11.6 Å². The summed E-state index contributed by atoms with van der Waals surface area (Å²) in [5.74, 6) is 1.39. The van der Waals surface area contributed by atoms with Crippen LogP contribution in [0, 0.1) is 6.92 Å². The summed E-state index contributed by atoms with van der Waals surface area (Å²) in [7, 11) is 1.56. The molecule has 2 aliphatic heterocycles. The number of hydrogen-bond donors (Lipinski definition) is 1. The fourth-order valence-corrected chi connectivity index (χ4v) is 5.14. The number of carbonyl (C=O) groups is 1. The van der Waals surface area contributed by atoms with Gasteiger partial charge in [0.15, 0.2) is 5.65 Å². The highest BCUT2D eigenvalue weighted by molar-refractivity contribution is 6.31. The number of benzene rings is 1. The van der Waals surface area contributed by atoms with E-state index in [0.717, 1.165) is 61.5 Å². The number of fused-ring (bicyclic) bond motifs is 1. The van der Waals surface area contributed by atoms with Crippen LogP contribution in [-0.2, 0) is 0 Å². The molecular weight excluding hydrogens is 440 g/mol. The van der Waals surface area contributed by atoms with E-state index in [1.165, 1.54) is 0 Å². The molecule has 0 aliphatic carbocycles. The fourth-order valence-electron chi connectivity index (χ4n) is 4.97. The molecule has 0 unspecified atom stereocenters.